The van der Waals surface area contributed by atoms with Crippen LogP contribution in [0.2, 0.25) is 0 Å². The predicted molar refractivity (Wildman–Crippen MR) is 69.1 cm³/mol. The van der Waals surface area contributed by atoms with Gasteiger partial charge in [-0.2, -0.15) is 13.2 Å². The largest absolute Gasteiger partial charge is 0.405 e. The van der Waals surface area contributed by atoms with Gasteiger partial charge in [-0.25, -0.2) is 0 Å². The number of rotatable bonds is 5. The quantitative estimate of drug-likeness (QED) is 0.471. The summed E-state index contributed by atoms with van der Waals surface area (Å²) in [6.07, 6.45) is -2.92. The highest BCUT2D eigenvalue weighted by Crippen LogP contribution is 2.36. The Balaban J connectivity index is 2.32. The fourth-order valence-electron chi connectivity index (χ4n) is 2.05. The smallest absolute Gasteiger partial charge is 0.360 e. The van der Waals surface area contributed by atoms with Crippen LogP contribution in [0.4, 0.5) is 24.5 Å². The number of anilines is 1. The highest BCUT2D eigenvalue weighted by atomic mass is 35.5. The second-order valence-corrected chi connectivity index (χ2v) is 4.95. The third-order valence-corrected chi connectivity index (χ3v) is 3.36. The van der Waals surface area contributed by atoms with Crippen LogP contribution in [0.5, 0.6) is 0 Å². The molecule has 2 rings (SSSR count). The summed E-state index contributed by atoms with van der Waals surface area (Å²) in [5.41, 5.74) is 0.375. The van der Waals surface area contributed by atoms with Crippen molar-refractivity contribution in [3.8, 4) is 0 Å². The molecule has 0 atom stereocenters. The lowest BCUT2D eigenvalue weighted by Crippen LogP contribution is -2.36. The van der Waals surface area contributed by atoms with Gasteiger partial charge in [-0.05, 0) is 25.0 Å². The Morgan fingerprint density at radius 1 is 1.40 bits per heavy atom. The molecule has 0 N–H and O–H groups in total. The van der Waals surface area contributed by atoms with Crippen LogP contribution < -0.4 is 4.90 Å². The van der Waals surface area contributed by atoms with E-state index in [1.165, 1.54) is 23.1 Å². The van der Waals surface area contributed by atoms with Crippen molar-refractivity contribution in [2.45, 2.75) is 30.9 Å². The van der Waals surface area contributed by atoms with E-state index >= 15 is 0 Å². The average Bonchev–Trinajstić information content (AvgIpc) is 3.18. The van der Waals surface area contributed by atoms with Gasteiger partial charge >= 0.3 is 6.18 Å². The summed E-state index contributed by atoms with van der Waals surface area (Å²) in [6, 6.07) is 3.77. The minimum absolute atomic E-state index is 0.116. The Hall–Kier alpha value is -1.50. The van der Waals surface area contributed by atoms with Gasteiger partial charge in [0.2, 0.25) is 0 Å². The average molecular weight is 309 g/mol. The maximum absolute atomic E-state index is 12.6. The molecule has 0 saturated heterocycles. The van der Waals surface area contributed by atoms with Gasteiger partial charge in [0.25, 0.3) is 5.69 Å². The molecular weight excluding hydrogens is 297 g/mol. The van der Waals surface area contributed by atoms with E-state index in [4.69, 9.17) is 11.6 Å². The van der Waals surface area contributed by atoms with Crippen molar-refractivity contribution in [1.29, 1.82) is 0 Å². The van der Waals surface area contributed by atoms with Crippen molar-refractivity contribution < 1.29 is 18.1 Å². The monoisotopic (exact) mass is 308 g/mol. The topological polar surface area (TPSA) is 46.4 Å². The first-order valence-corrected chi connectivity index (χ1v) is 6.52. The number of halogens is 4. The fraction of sp³-hybridized carbons (Fsp3) is 0.500. The van der Waals surface area contributed by atoms with Crippen molar-refractivity contribution in [2.24, 2.45) is 0 Å². The molecule has 20 heavy (non-hydrogen) atoms. The molecule has 110 valence electrons. The zero-order valence-corrected chi connectivity index (χ0v) is 11.1. The molecule has 4 nitrogen and oxygen atoms in total. The summed E-state index contributed by atoms with van der Waals surface area (Å²) in [4.78, 5) is 11.4. The third kappa shape index (κ3) is 3.53. The van der Waals surface area contributed by atoms with Crippen LogP contribution in [0.25, 0.3) is 0 Å². The van der Waals surface area contributed by atoms with Gasteiger partial charge in [0.15, 0.2) is 0 Å². The lowest BCUT2D eigenvalue weighted by Gasteiger charge is -2.26. The molecule has 1 saturated carbocycles. The number of alkyl halides is 4. The molecular formula is C12H12ClF3N2O2. The molecule has 0 unspecified atom stereocenters. The highest BCUT2D eigenvalue weighted by Gasteiger charge is 2.38. The second kappa shape index (κ2) is 5.47. The Bertz CT molecular complexity index is 518. The summed E-state index contributed by atoms with van der Waals surface area (Å²) in [6.45, 7) is -1.06. The van der Waals surface area contributed by atoms with Crippen molar-refractivity contribution in [3.05, 3.63) is 33.9 Å². The predicted octanol–water partition coefficient (Wildman–Crippen LogP) is 3.86. The highest BCUT2D eigenvalue weighted by molar-refractivity contribution is 6.17. The Labute approximate surface area is 118 Å². The van der Waals surface area contributed by atoms with Gasteiger partial charge in [0.1, 0.15) is 6.54 Å². The van der Waals surface area contributed by atoms with E-state index in [9.17, 15) is 23.3 Å². The van der Waals surface area contributed by atoms with E-state index in [1.54, 1.807) is 0 Å². The van der Waals surface area contributed by atoms with Gasteiger partial charge in [0, 0.05) is 23.4 Å². The van der Waals surface area contributed by atoms with Gasteiger partial charge in [-0.1, -0.05) is 0 Å². The second-order valence-electron chi connectivity index (χ2n) is 4.68. The Morgan fingerprint density at radius 3 is 2.50 bits per heavy atom. The number of hydrogen-bond donors (Lipinski definition) is 0. The van der Waals surface area contributed by atoms with Crippen molar-refractivity contribution in [2.75, 3.05) is 11.4 Å². The number of nitro groups is 1. The van der Waals surface area contributed by atoms with E-state index < -0.39 is 17.6 Å². The van der Waals surface area contributed by atoms with Gasteiger partial charge in [-0.15, -0.1) is 11.6 Å². The van der Waals surface area contributed by atoms with E-state index in [0.717, 1.165) is 0 Å². The normalized spacial score (nSPS) is 15.2. The molecule has 1 aliphatic carbocycles. The molecule has 0 heterocycles. The zero-order chi connectivity index (χ0) is 14.9. The molecule has 0 spiro atoms. The van der Waals surface area contributed by atoms with Gasteiger partial charge < -0.3 is 4.90 Å². The standard InChI is InChI=1S/C12H12ClF3N2O2/c13-6-8-5-10(3-4-11(8)18(19)20)17(9-1-2-9)7-12(14,15)16/h3-5,9H,1-2,6-7H2. The molecule has 1 fully saturated rings. The maximum atomic E-state index is 12.6. The Morgan fingerprint density at radius 2 is 2.05 bits per heavy atom. The molecule has 8 heteroatoms. The first kappa shape index (κ1) is 14.9. The van der Waals surface area contributed by atoms with E-state index in [1.807, 2.05) is 0 Å². The molecule has 0 aliphatic heterocycles. The molecule has 0 bridgehead atoms. The van der Waals surface area contributed by atoms with Crippen molar-refractivity contribution in [3.63, 3.8) is 0 Å². The summed E-state index contributed by atoms with van der Waals surface area (Å²) < 4.78 is 37.8. The van der Waals surface area contributed by atoms with Crippen LogP contribution in [-0.2, 0) is 5.88 Å². The Kier molecular flexibility index (Phi) is 4.08. The molecule has 0 amide bonds. The van der Waals surface area contributed by atoms with Crippen LogP contribution in [0.1, 0.15) is 18.4 Å². The number of hydrogen-bond acceptors (Lipinski definition) is 3. The third-order valence-electron chi connectivity index (χ3n) is 3.07. The van der Waals surface area contributed by atoms with Gasteiger partial charge in [-0.3, -0.25) is 10.1 Å². The van der Waals surface area contributed by atoms with Crippen LogP contribution in [0.3, 0.4) is 0 Å². The van der Waals surface area contributed by atoms with Crippen LogP contribution in [-0.4, -0.2) is 23.7 Å². The van der Waals surface area contributed by atoms with E-state index in [-0.39, 0.29) is 23.2 Å². The lowest BCUT2D eigenvalue weighted by atomic mass is 10.1. The number of benzene rings is 1. The first-order valence-electron chi connectivity index (χ1n) is 5.98. The summed E-state index contributed by atoms with van der Waals surface area (Å²) in [7, 11) is 0. The molecule has 1 aromatic rings. The molecule has 1 aromatic carbocycles. The van der Waals surface area contributed by atoms with Crippen LogP contribution in [0, 0.1) is 10.1 Å². The van der Waals surface area contributed by atoms with Crippen LogP contribution >= 0.6 is 11.6 Å². The van der Waals surface area contributed by atoms with E-state index in [0.29, 0.717) is 18.5 Å². The molecule has 1 aliphatic rings. The SMILES string of the molecule is O=[N+]([O-])c1ccc(N(CC(F)(F)F)C2CC2)cc1CCl. The minimum atomic E-state index is -4.31. The molecule has 0 aromatic heterocycles. The summed E-state index contributed by atoms with van der Waals surface area (Å²) in [5, 5.41) is 10.8. The zero-order valence-electron chi connectivity index (χ0n) is 10.4. The number of nitrogens with zero attached hydrogens (tertiary/aromatic N) is 2. The minimum Gasteiger partial charge on any atom is -0.360 e. The van der Waals surface area contributed by atoms with Gasteiger partial charge in [0.05, 0.1) is 10.8 Å². The summed E-state index contributed by atoms with van der Waals surface area (Å²) in [5.74, 6) is -0.116. The molecule has 0 radical (unpaired) electrons. The van der Waals surface area contributed by atoms with Crippen molar-refractivity contribution >= 4 is 23.0 Å². The maximum Gasteiger partial charge on any atom is 0.405 e. The van der Waals surface area contributed by atoms with Crippen molar-refractivity contribution in [1.82, 2.24) is 0 Å². The summed E-state index contributed by atoms with van der Waals surface area (Å²) >= 11 is 5.64. The fourth-order valence-corrected chi connectivity index (χ4v) is 2.26. The lowest BCUT2D eigenvalue weighted by molar-refractivity contribution is -0.385. The van der Waals surface area contributed by atoms with E-state index in [2.05, 4.69) is 0 Å². The number of nitro benzene ring substituents is 1. The van der Waals surface area contributed by atoms with Crippen LogP contribution in [0.15, 0.2) is 18.2 Å². The first-order chi connectivity index (χ1) is 9.31.